The maximum atomic E-state index is 12.6. The highest BCUT2D eigenvalue weighted by atomic mass is 19.1. The number of hydrogen-bond donors (Lipinski definition) is 2. The standard InChI is InChI=1S/C15H24FNO6/c1-5-22-13(20)10-8(6-7-16)9(10)11(12(18)19)17-14(21)23-15(2,3)4/h8-11H,5-7H2,1-4H3,(H,17,21)(H,18,19). The third-order valence-electron chi connectivity index (χ3n) is 3.55. The van der Waals surface area contributed by atoms with Crippen LogP contribution in [-0.2, 0) is 19.1 Å². The lowest BCUT2D eigenvalue weighted by Gasteiger charge is -2.22. The molecule has 0 radical (unpaired) electrons. The van der Waals surface area contributed by atoms with Gasteiger partial charge in [-0.1, -0.05) is 0 Å². The van der Waals surface area contributed by atoms with E-state index in [1.54, 1.807) is 27.7 Å². The fourth-order valence-corrected chi connectivity index (χ4v) is 2.68. The molecule has 0 aromatic heterocycles. The summed E-state index contributed by atoms with van der Waals surface area (Å²) in [7, 11) is 0. The van der Waals surface area contributed by atoms with E-state index < -0.39 is 54.1 Å². The van der Waals surface area contributed by atoms with Crippen molar-refractivity contribution < 1.29 is 33.4 Å². The number of esters is 1. The zero-order valence-corrected chi connectivity index (χ0v) is 13.8. The van der Waals surface area contributed by atoms with Crippen LogP contribution in [0.1, 0.15) is 34.1 Å². The number of carboxylic acid groups (broad SMARTS) is 1. The van der Waals surface area contributed by atoms with Crippen molar-refractivity contribution in [3.05, 3.63) is 0 Å². The molecule has 0 saturated heterocycles. The van der Waals surface area contributed by atoms with E-state index >= 15 is 0 Å². The van der Waals surface area contributed by atoms with E-state index in [0.29, 0.717) is 0 Å². The van der Waals surface area contributed by atoms with Crippen LogP contribution in [0.5, 0.6) is 0 Å². The average Bonchev–Trinajstić information content (AvgIpc) is 3.08. The van der Waals surface area contributed by atoms with Crippen molar-refractivity contribution in [2.24, 2.45) is 17.8 Å². The van der Waals surface area contributed by atoms with Crippen LogP contribution in [0.25, 0.3) is 0 Å². The highest BCUT2D eigenvalue weighted by Gasteiger charge is 2.61. The van der Waals surface area contributed by atoms with E-state index in [-0.39, 0.29) is 13.0 Å². The van der Waals surface area contributed by atoms with Gasteiger partial charge in [-0.05, 0) is 40.0 Å². The summed E-state index contributed by atoms with van der Waals surface area (Å²) < 4.78 is 22.5. The number of ether oxygens (including phenoxy) is 2. The van der Waals surface area contributed by atoms with Gasteiger partial charge in [0.2, 0.25) is 0 Å². The molecule has 0 heterocycles. The van der Waals surface area contributed by atoms with Crippen LogP contribution < -0.4 is 5.32 Å². The number of aliphatic carboxylic acids is 1. The van der Waals surface area contributed by atoms with Crippen LogP contribution in [0.3, 0.4) is 0 Å². The lowest BCUT2D eigenvalue weighted by atomic mass is 10.1. The predicted molar refractivity (Wildman–Crippen MR) is 78.5 cm³/mol. The first-order chi connectivity index (χ1) is 10.6. The monoisotopic (exact) mass is 333 g/mol. The second-order valence-electron chi connectivity index (χ2n) is 6.46. The highest BCUT2D eigenvalue weighted by Crippen LogP contribution is 2.51. The molecule has 23 heavy (non-hydrogen) atoms. The number of alkyl halides is 1. The van der Waals surface area contributed by atoms with E-state index in [0.717, 1.165) is 0 Å². The zero-order chi connectivity index (χ0) is 17.8. The molecular weight excluding hydrogens is 309 g/mol. The summed E-state index contributed by atoms with van der Waals surface area (Å²) in [5.74, 6) is -3.74. The minimum Gasteiger partial charge on any atom is -0.480 e. The van der Waals surface area contributed by atoms with Gasteiger partial charge < -0.3 is 19.9 Å². The Labute approximate surface area is 134 Å². The maximum absolute atomic E-state index is 12.6. The number of carboxylic acids is 1. The Hall–Kier alpha value is -1.86. The zero-order valence-electron chi connectivity index (χ0n) is 13.8. The van der Waals surface area contributed by atoms with Gasteiger partial charge in [0, 0.05) is 5.92 Å². The first kappa shape index (κ1) is 19.2. The molecule has 4 atom stereocenters. The van der Waals surface area contributed by atoms with Gasteiger partial charge in [0.05, 0.1) is 19.2 Å². The Morgan fingerprint density at radius 1 is 1.30 bits per heavy atom. The van der Waals surface area contributed by atoms with E-state index in [9.17, 15) is 23.9 Å². The molecule has 1 saturated carbocycles. The predicted octanol–water partition coefficient (Wildman–Crippen LogP) is 1.75. The second-order valence-corrected chi connectivity index (χ2v) is 6.46. The van der Waals surface area contributed by atoms with Crippen molar-refractivity contribution in [3.63, 3.8) is 0 Å². The number of nitrogens with one attached hydrogen (secondary N) is 1. The molecule has 0 spiro atoms. The van der Waals surface area contributed by atoms with Gasteiger partial charge in [0.15, 0.2) is 0 Å². The molecule has 1 fully saturated rings. The Morgan fingerprint density at radius 2 is 1.91 bits per heavy atom. The molecule has 0 aromatic carbocycles. The fraction of sp³-hybridized carbons (Fsp3) is 0.800. The van der Waals surface area contributed by atoms with Gasteiger partial charge in [-0.25, -0.2) is 9.59 Å². The molecule has 1 aliphatic rings. The van der Waals surface area contributed by atoms with Crippen LogP contribution in [0.15, 0.2) is 0 Å². The molecule has 2 N–H and O–H groups in total. The molecule has 0 aliphatic heterocycles. The van der Waals surface area contributed by atoms with E-state index in [4.69, 9.17) is 9.47 Å². The van der Waals surface area contributed by atoms with Crippen molar-refractivity contribution in [1.29, 1.82) is 0 Å². The second kappa shape index (κ2) is 7.61. The Morgan fingerprint density at radius 3 is 2.35 bits per heavy atom. The average molecular weight is 333 g/mol. The minimum atomic E-state index is -1.32. The van der Waals surface area contributed by atoms with Crippen LogP contribution in [0.2, 0.25) is 0 Å². The summed E-state index contributed by atoms with van der Waals surface area (Å²) >= 11 is 0. The molecule has 8 heteroatoms. The number of carbonyl (C=O) groups excluding carboxylic acids is 2. The molecule has 4 unspecified atom stereocenters. The number of hydrogen-bond acceptors (Lipinski definition) is 5. The van der Waals surface area contributed by atoms with Gasteiger partial charge in [-0.15, -0.1) is 0 Å². The normalized spacial score (nSPS) is 24.5. The van der Waals surface area contributed by atoms with Gasteiger partial charge in [-0.2, -0.15) is 0 Å². The number of carbonyl (C=O) groups is 3. The van der Waals surface area contributed by atoms with Crippen molar-refractivity contribution in [1.82, 2.24) is 5.32 Å². The molecular formula is C15H24FNO6. The Kier molecular flexibility index (Phi) is 6.35. The third kappa shape index (κ3) is 5.37. The molecule has 1 amide bonds. The highest BCUT2D eigenvalue weighted by molar-refractivity contribution is 5.84. The quantitative estimate of drug-likeness (QED) is 0.688. The van der Waals surface area contributed by atoms with Crippen LogP contribution >= 0.6 is 0 Å². The smallest absolute Gasteiger partial charge is 0.408 e. The number of rotatable bonds is 7. The fourth-order valence-electron chi connectivity index (χ4n) is 2.68. The number of amides is 1. The van der Waals surface area contributed by atoms with Crippen LogP contribution in [0, 0.1) is 17.8 Å². The number of halogens is 1. The molecule has 1 rings (SSSR count). The lowest BCUT2D eigenvalue weighted by Crippen LogP contribution is -2.45. The summed E-state index contributed by atoms with van der Waals surface area (Å²) in [6.45, 7) is 6.05. The topological polar surface area (TPSA) is 102 Å². The first-order valence-corrected chi connectivity index (χ1v) is 7.57. The van der Waals surface area contributed by atoms with Gasteiger partial charge in [0.25, 0.3) is 0 Å². The molecule has 0 bridgehead atoms. The number of alkyl carbamates (subject to hydrolysis) is 1. The Bertz CT molecular complexity index is 461. The van der Waals surface area contributed by atoms with Crippen LogP contribution in [-0.4, -0.2) is 48.1 Å². The Balaban J connectivity index is 2.81. The third-order valence-corrected chi connectivity index (χ3v) is 3.55. The molecule has 1 aliphatic carbocycles. The summed E-state index contributed by atoms with van der Waals surface area (Å²) in [6.07, 6.45) is -0.841. The minimum absolute atomic E-state index is 0.0495. The summed E-state index contributed by atoms with van der Waals surface area (Å²) in [5, 5.41) is 11.6. The van der Waals surface area contributed by atoms with E-state index in [1.165, 1.54) is 0 Å². The maximum Gasteiger partial charge on any atom is 0.408 e. The van der Waals surface area contributed by atoms with E-state index in [2.05, 4.69) is 5.32 Å². The van der Waals surface area contributed by atoms with E-state index in [1.807, 2.05) is 0 Å². The van der Waals surface area contributed by atoms with Gasteiger partial charge in [0.1, 0.15) is 11.6 Å². The lowest BCUT2D eigenvalue weighted by molar-refractivity contribution is -0.145. The first-order valence-electron chi connectivity index (χ1n) is 7.57. The molecule has 132 valence electrons. The van der Waals surface area contributed by atoms with Crippen molar-refractivity contribution >= 4 is 18.0 Å². The van der Waals surface area contributed by atoms with Crippen molar-refractivity contribution in [2.75, 3.05) is 13.3 Å². The molecule has 7 nitrogen and oxygen atoms in total. The van der Waals surface area contributed by atoms with Crippen molar-refractivity contribution in [3.8, 4) is 0 Å². The summed E-state index contributed by atoms with van der Waals surface area (Å²) in [4.78, 5) is 35.1. The van der Waals surface area contributed by atoms with Crippen molar-refractivity contribution in [2.45, 2.75) is 45.8 Å². The van der Waals surface area contributed by atoms with Gasteiger partial charge >= 0.3 is 18.0 Å². The molecule has 0 aromatic rings. The SMILES string of the molecule is CCOC(=O)C1C(CCF)C1C(NC(=O)OC(C)(C)C)C(=O)O. The van der Waals surface area contributed by atoms with Gasteiger partial charge in [-0.3, -0.25) is 9.18 Å². The largest absolute Gasteiger partial charge is 0.480 e. The summed E-state index contributed by atoms with van der Waals surface area (Å²) in [5.41, 5.74) is -0.782. The summed E-state index contributed by atoms with van der Waals surface area (Å²) in [6, 6.07) is -1.32. The van der Waals surface area contributed by atoms with Crippen LogP contribution in [0.4, 0.5) is 9.18 Å².